The Balaban J connectivity index is 2.15. The molecule has 0 spiro atoms. The summed E-state index contributed by atoms with van der Waals surface area (Å²) in [5.41, 5.74) is 0. The first-order chi connectivity index (χ1) is 6.74. The highest BCUT2D eigenvalue weighted by atomic mass is 79.9. The zero-order chi connectivity index (χ0) is 9.97. The van der Waals surface area contributed by atoms with Gasteiger partial charge in [0.15, 0.2) is 0 Å². The van der Waals surface area contributed by atoms with Crippen LogP contribution in [0.2, 0.25) is 0 Å². The zero-order valence-corrected chi connectivity index (χ0v) is 9.92. The Labute approximate surface area is 94.7 Å². The third kappa shape index (κ3) is 2.36. The second kappa shape index (κ2) is 4.14. The maximum atomic E-state index is 4.26. The summed E-state index contributed by atoms with van der Waals surface area (Å²) in [6, 6.07) is 3.95. The zero-order valence-electron chi connectivity index (χ0n) is 7.51. The average molecular weight is 270 g/mol. The monoisotopic (exact) mass is 269 g/mol. The van der Waals surface area contributed by atoms with E-state index in [1.54, 1.807) is 22.6 Å². The van der Waals surface area contributed by atoms with E-state index >= 15 is 0 Å². The van der Waals surface area contributed by atoms with Crippen LogP contribution in [0.5, 0.6) is 0 Å². The van der Waals surface area contributed by atoms with Crippen LogP contribution >= 0.6 is 27.7 Å². The largest absolute Gasteiger partial charge is 0.275 e. The van der Waals surface area contributed by atoms with Crippen LogP contribution < -0.4 is 0 Å². The fraction of sp³-hybridized carbons (Fsp3) is 0.111. The maximum Gasteiger partial charge on any atom is 0.101 e. The molecule has 72 valence electrons. The molecule has 2 heterocycles. The average Bonchev–Trinajstić information content (AvgIpc) is 2.56. The maximum absolute atomic E-state index is 4.26. The first kappa shape index (κ1) is 9.73. The summed E-state index contributed by atoms with van der Waals surface area (Å²) in [6.07, 6.45) is 5.58. The molecule has 0 aromatic carbocycles. The van der Waals surface area contributed by atoms with E-state index in [0.717, 1.165) is 14.4 Å². The van der Waals surface area contributed by atoms with Gasteiger partial charge in [0.1, 0.15) is 5.03 Å². The minimum atomic E-state index is 0.973. The SMILES string of the molecule is Cn1cc(Sc2ccc(Br)cn2)cn1. The normalized spacial score (nSPS) is 10.4. The molecule has 0 aliphatic heterocycles. The second-order valence-electron chi connectivity index (χ2n) is 2.77. The Hall–Kier alpha value is -0.810. The van der Waals surface area contributed by atoms with Crippen LogP contribution in [0.15, 0.2) is 45.1 Å². The summed E-state index contributed by atoms with van der Waals surface area (Å²) < 4.78 is 2.77. The number of halogens is 1. The Kier molecular flexibility index (Phi) is 2.88. The van der Waals surface area contributed by atoms with Gasteiger partial charge in [0.2, 0.25) is 0 Å². The summed E-state index contributed by atoms with van der Waals surface area (Å²) in [5, 5.41) is 5.06. The lowest BCUT2D eigenvalue weighted by Gasteiger charge is -1.96. The molecule has 5 heteroatoms. The molecular formula is C9H8BrN3S. The highest BCUT2D eigenvalue weighted by Gasteiger charge is 2.00. The molecule has 14 heavy (non-hydrogen) atoms. The van der Waals surface area contributed by atoms with E-state index in [1.165, 1.54) is 0 Å². The van der Waals surface area contributed by atoms with E-state index in [-0.39, 0.29) is 0 Å². The number of nitrogens with zero attached hydrogens (tertiary/aromatic N) is 3. The van der Waals surface area contributed by atoms with Crippen molar-refractivity contribution in [1.29, 1.82) is 0 Å². The third-order valence-corrected chi connectivity index (χ3v) is 2.97. The molecule has 3 nitrogen and oxygen atoms in total. The standard InChI is InChI=1S/C9H8BrN3S/c1-13-6-8(5-12-13)14-9-3-2-7(10)4-11-9/h2-6H,1H3. The van der Waals surface area contributed by atoms with Gasteiger partial charge < -0.3 is 0 Å². The molecule has 0 aliphatic carbocycles. The van der Waals surface area contributed by atoms with Crippen LogP contribution in [0.3, 0.4) is 0 Å². The molecule has 2 aromatic heterocycles. The molecule has 2 rings (SSSR count). The van der Waals surface area contributed by atoms with Gasteiger partial charge in [-0.1, -0.05) is 11.8 Å². The van der Waals surface area contributed by atoms with Crippen molar-refractivity contribution >= 4 is 27.7 Å². The number of pyridine rings is 1. The van der Waals surface area contributed by atoms with Gasteiger partial charge in [0.25, 0.3) is 0 Å². The van der Waals surface area contributed by atoms with Crippen molar-refractivity contribution in [2.45, 2.75) is 9.92 Å². The van der Waals surface area contributed by atoms with Gasteiger partial charge in [-0.05, 0) is 28.1 Å². The van der Waals surface area contributed by atoms with Gasteiger partial charge >= 0.3 is 0 Å². The number of hydrogen-bond acceptors (Lipinski definition) is 3. The van der Waals surface area contributed by atoms with Gasteiger partial charge in [-0.15, -0.1) is 0 Å². The highest BCUT2D eigenvalue weighted by molar-refractivity contribution is 9.10. The lowest BCUT2D eigenvalue weighted by atomic mass is 10.5. The number of rotatable bonds is 2. The molecule has 0 atom stereocenters. The smallest absolute Gasteiger partial charge is 0.101 e. The van der Waals surface area contributed by atoms with E-state index < -0.39 is 0 Å². The molecule has 0 saturated carbocycles. The van der Waals surface area contributed by atoms with E-state index in [1.807, 2.05) is 31.6 Å². The van der Waals surface area contributed by atoms with Crippen molar-refractivity contribution in [2.24, 2.45) is 7.05 Å². The van der Waals surface area contributed by atoms with E-state index in [4.69, 9.17) is 0 Å². The van der Waals surface area contributed by atoms with Crippen LogP contribution in [-0.4, -0.2) is 14.8 Å². The van der Waals surface area contributed by atoms with Crippen molar-refractivity contribution in [3.05, 3.63) is 35.2 Å². The Morgan fingerprint density at radius 3 is 2.79 bits per heavy atom. The van der Waals surface area contributed by atoms with E-state index in [0.29, 0.717) is 0 Å². The summed E-state index contributed by atoms with van der Waals surface area (Å²) in [5.74, 6) is 0. The predicted octanol–water partition coefficient (Wildman–Crippen LogP) is 2.73. The molecule has 0 fully saturated rings. The van der Waals surface area contributed by atoms with Crippen molar-refractivity contribution in [3.8, 4) is 0 Å². The van der Waals surface area contributed by atoms with Crippen molar-refractivity contribution in [1.82, 2.24) is 14.8 Å². The Morgan fingerprint density at radius 2 is 2.21 bits per heavy atom. The van der Waals surface area contributed by atoms with Crippen LogP contribution in [-0.2, 0) is 7.05 Å². The predicted molar refractivity (Wildman–Crippen MR) is 59.3 cm³/mol. The molecule has 2 aromatic rings. The van der Waals surface area contributed by atoms with Crippen LogP contribution in [0.4, 0.5) is 0 Å². The molecule has 0 amide bonds. The lowest BCUT2D eigenvalue weighted by Crippen LogP contribution is -1.84. The van der Waals surface area contributed by atoms with Crippen molar-refractivity contribution < 1.29 is 0 Å². The Bertz CT molecular complexity index is 424. The molecular weight excluding hydrogens is 262 g/mol. The Morgan fingerprint density at radius 1 is 1.36 bits per heavy atom. The summed E-state index contributed by atoms with van der Waals surface area (Å²) in [4.78, 5) is 5.36. The fourth-order valence-corrected chi connectivity index (χ4v) is 2.02. The molecule has 0 N–H and O–H groups in total. The van der Waals surface area contributed by atoms with Gasteiger partial charge in [-0.3, -0.25) is 4.68 Å². The second-order valence-corrected chi connectivity index (χ2v) is 4.78. The summed E-state index contributed by atoms with van der Waals surface area (Å²) in [7, 11) is 1.90. The van der Waals surface area contributed by atoms with Crippen LogP contribution in [0, 0.1) is 0 Å². The minimum Gasteiger partial charge on any atom is -0.275 e. The molecule has 0 saturated heterocycles. The number of hydrogen-bond donors (Lipinski definition) is 0. The first-order valence-corrected chi connectivity index (χ1v) is 5.63. The first-order valence-electron chi connectivity index (χ1n) is 4.02. The highest BCUT2D eigenvalue weighted by Crippen LogP contribution is 2.25. The van der Waals surface area contributed by atoms with E-state index in [2.05, 4.69) is 26.0 Å². The van der Waals surface area contributed by atoms with Gasteiger partial charge in [-0.2, -0.15) is 5.10 Å². The molecule has 0 bridgehead atoms. The topological polar surface area (TPSA) is 30.7 Å². The number of aromatic nitrogens is 3. The summed E-state index contributed by atoms with van der Waals surface area (Å²) in [6.45, 7) is 0. The van der Waals surface area contributed by atoms with Crippen LogP contribution in [0.25, 0.3) is 0 Å². The van der Waals surface area contributed by atoms with E-state index in [9.17, 15) is 0 Å². The van der Waals surface area contributed by atoms with Gasteiger partial charge in [-0.25, -0.2) is 4.98 Å². The fourth-order valence-electron chi connectivity index (χ4n) is 0.995. The van der Waals surface area contributed by atoms with Crippen molar-refractivity contribution in [3.63, 3.8) is 0 Å². The molecule has 0 unspecified atom stereocenters. The lowest BCUT2D eigenvalue weighted by molar-refractivity contribution is 0.766. The van der Waals surface area contributed by atoms with Crippen molar-refractivity contribution in [2.75, 3.05) is 0 Å². The van der Waals surface area contributed by atoms with Gasteiger partial charge in [0.05, 0.1) is 11.1 Å². The molecule has 0 radical (unpaired) electrons. The van der Waals surface area contributed by atoms with Crippen LogP contribution in [0.1, 0.15) is 0 Å². The molecule has 0 aliphatic rings. The number of aryl methyl sites for hydroxylation is 1. The third-order valence-electron chi connectivity index (χ3n) is 1.60. The quantitative estimate of drug-likeness (QED) is 0.840. The van der Waals surface area contributed by atoms with Gasteiger partial charge in [0, 0.05) is 23.9 Å². The summed E-state index contributed by atoms with van der Waals surface area (Å²) >= 11 is 4.95. The minimum absolute atomic E-state index is 0.973.